The SMILES string of the molecule is Cc1cc(C(=O)Nc2cccc(F)c2F)ccc1Br. The zero-order valence-corrected chi connectivity index (χ0v) is 11.6. The molecular weight excluding hydrogens is 316 g/mol. The van der Waals surface area contributed by atoms with Crippen LogP contribution in [-0.4, -0.2) is 5.91 Å². The number of hydrogen-bond donors (Lipinski definition) is 1. The van der Waals surface area contributed by atoms with Crippen LogP contribution in [0.4, 0.5) is 14.5 Å². The molecule has 0 atom stereocenters. The summed E-state index contributed by atoms with van der Waals surface area (Å²) in [4.78, 5) is 11.9. The average molecular weight is 326 g/mol. The van der Waals surface area contributed by atoms with E-state index in [2.05, 4.69) is 21.2 Å². The van der Waals surface area contributed by atoms with E-state index >= 15 is 0 Å². The van der Waals surface area contributed by atoms with Crippen molar-refractivity contribution in [3.8, 4) is 0 Å². The maximum Gasteiger partial charge on any atom is 0.255 e. The number of benzene rings is 2. The number of anilines is 1. The molecule has 0 bridgehead atoms. The number of nitrogens with one attached hydrogen (secondary N) is 1. The summed E-state index contributed by atoms with van der Waals surface area (Å²) in [7, 11) is 0. The molecule has 0 aliphatic carbocycles. The van der Waals surface area contributed by atoms with Crippen molar-refractivity contribution < 1.29 is 13.6 Å². The van der Waals surface area contributed by atoms with Gasteiger partial charge < -0.3 is 5.32 Å². The molecule has 0 unspecified atom stereocenters. The van der Waals surface area contributed by atoms with Crippen molar-refractivity contribution in [2.24, 2.45) is 0 Å². The molecule has 0 radical (unpaired) electrons. The van der Waals surface area contributed by atoms with Crippen LogP contribution in [-0.2, 0) is 0 Å². The molecule has 2 rings (SSSR count). The Bertz CT molecular complexity index is 643. The fourth-order valence-electron chi connectivity index (χ4n) is 1.58. The van der Waals surface area contributed by atoms with E-state index < -0.39 is 17.5 Å². The standard InChI is InChI=1S/C14H10BrF2NO/c1-8-7-9(5-6-10(8)15)14(19)18-12-4-2-3-11(16)13(12)17/h2-7H,1H3,(H,18,19). The van der Waals surface area contributed by atoms with Gasteiger partial charge >= 0.3 is 0 Å². The summed E-state index contributed by atoms with van der Waals surface area (Å²) in [5.41, 5.74) is 1.09. The number of hydrogen-bond acceptors (Lipinski definition) is 1. The van der Waals surface area contributed by atoms with Crippen molar-refractivity contribution in [2.75, 3.05) is 5.32 Å². The van der Waals surface area contributed by atoms with Crippen molar-refractivity contribution in [3.63, 3.8) is 0 Å². The Labute approximate surface area is 117 Å². The quantitative estimate of drug-likeness (QED) is 0.876. The van der Waals surface area contributed by atoms with Crippen LogP contribution in [0, 0.1) is 18.6 Å². The highest BCUT2D eigenvalue weighted by Gasteiger charge is 2.12. The summed E-state index contributed by atoms with van der Waals surface area (Å²) in [6, 6.07) is 8.63. The van der Waals surface area contributed by atoms with Crippen molar-refractivity contribution in [2.45, 2.75) is 6.92 Å². The van der Waals surface area contributed by atoms with Crippen LogP contribution in [0.2, 0.25) is 0 Å². The minimum Gasteiger partial charge on any atom is -0.319 e. The molecule has 2 aromatic rings. The van der Waals surface area contributed by atoms with Gasteiger partial charge in [-0.3, -0.25) is 4.79 Å². The topological polar surface area (TPSA) is 29.1 Å². The Hall–Kier alpha value is -1.75. The maximum absolute atomic E-state index is 13.4. The van der Waals surface area contributed by atoms with Crippen LogP contribution in [0.15, 0.2) is 40.9 Å². The number of halogens is 3. The molecule has 1 N–H and O–H groups in total. The first-order valence-corrected chi connectivity index (χ1v) is 6.30. The molecule has 0 heterocycles. The molecule has 98 valence electrons. The lowest BCUT2D eigenvalue weighted by atomic mass is 10.1. The maximum atomic E-state index is 13.4. The Kier molecular flexibility index (Phi) is 3.95. The average Bonchev–Trinajstić information content (AvgIpc) is 2.38. The van der Waals surface area contributed by atoms with E-state index in [1.807, 2.05) is 6.92 Å². The normalized spacial score (nSPS) is 10.3. The molecule has 19 heavy (non-hydrogen) atoms. The lowest BCUT2D eigenvalue weighted by molar-refractivity contribution is 0.102. The predicted octanol–water partition coefficient (Wildman–Crippen LogP) is 4.29. The first-order valence-electron chi connectivity index (χ1n) is 5.50. The van der Waals surface area contributed by atoms with Crippen LogP contribution in [0.5, 0.6) is 0 Å². The van der Waals surface area contributed by atoms with Gasteiger partial charge in [0.25, 0.3) is 5.91 Å². The molecule has 0 aliphatic rings. The van der Waals surface area contributed by atoms with Gasteiger partial charge in [0.15, 0.2) is 11.6 Å². The van der Waals surface area contributed by atoms with Crippen molar-refractivity contribution in [3.05, 3.63) is 63.6 Å². The highest BCUT2D eigenvalue weighted by Crippen LogP contribution is 2.20. The van der Waals surface area contributed by atoms with Crippen LogP contribution >= 0.6 is 15.9 Å². The van der Waals surface area contributed by atoms with E-state index in [1.54, 1.807) is 18.2 Å². The molecule has 0 spiro atoms. The van der Waals surface area contributed by atoms with Gasteiger partial charge in [-0.25, -0.2) is 8.78 Å². The molecule has 1 amide bonds. The van der Waals surface area contributed by atoms with E-state index in [9.17, 15) is 13.6 Å². The Balaban J connectivity index is 2.26. The summed E-state index contributed by atoms with van der Waals surface area (Å²) in [6.07, 6.45) is 0. The minimum absolute atomic E-state index is 0.175. The number of carbonyl (C=O) groups is 1. The number of rotatable bonds is 2. The summed E-state index contributed by atoms with van der Waals surface area (Å²) >= 11 is 3.33. The van der Waals surface area contributed by atoms with Gasteiger partial charge in [0.2, 0.25) is 0 Å². The monoisotopic (exact) mass is 325 g/mol. The predicted molar refractivity (Wildman–Crippen MR) is 73.2 cm³/mol. The lowest BCUT2D eigenvalue weighted by Gasteiger charge is -2.08. The summed E-state index contributed by atoms with van der Waals surface area (Å²) in [5, 5.41) is 2.34. The first-order chi connectivity index (χ1) is 8.99. The van der Waals surface area contributed by atoms with E-state index in [0.717, 1.165) is 16.1 Å². The van der Waals surface area contributed by atoms with Gasteiger partial charge in [0, 0.05) is 10.0 Å². The zero-order valence-electron chi connectivity index (χ0n) is 10.0. The van der Waals surface area contributed by atoms with Crippen LogP contribution < -0.4 is 5.32 Å². The third-order valence-electron chi connectivity index (χ3n) is 2.62. The molecule has 0 saturated carbocycles. The van der Waals surface area contributed by atoms with Gasteiger partial charge in [-0.1, -0.05) is 22.0 Å². The van der Waals surface area contributed by atoms with E-state index in [4.69, 9.17) is 0 Å². The number of aryl methyl sites for hydroxylation is 1. The molecule has 0 fully saturated rings. The molecule has 2 aromatic carbocycles. The van der Waals surface area contributed by atoms with Gasteiger partial charge in [-0.2, -0.15) is 0 Å². The Morgan fingerprint density at radius 2 is 1.95 bits per heavy atom. The van der Waals surface area contributed by atoms with Gasteiger partial charge in [0.1, 0.15) is 0 Å². The van der Waals surface area contributed by atoms with Crippen LogP contribution in [0.1, 0.15) is 15.9 Å². The van der Waals surface area contributed by atoms with Crippen LogP contribution in [0.3, 0.4) is 0 Å². The fraction of sp³-hybridized carbons (Fsp3) is 0.0714. The van der Waals surface area contributed by atoms with Gasteiger partial charge in [-0.15, -0.1) is 0 Å². The molecular formula is C14H10BrF2NO. The van der Waals surface area contributed by atoms with Gasteiger partial charge in [-0.05, 0) is 42.8 Å². The molecule has 0 saturated heterocycles. The number of amides is 1. The molecule has 0 aromatic heterocycles. The fourth-order valence-corrected chi connectivity index (χ4v) is 1.83. The summed E-state index contributed by atoms with van der Waals surface area (Å²) in [6.45, 7) is 1.84. The van der Waals surface area contributed by atoms with Crippen molar-refractivity contribution in [1.82, 2.24) is 0 Å². The highest BCUT2D eigenvalue weighted by molar-refractivity contribution is 9.10. The summed E-state index contributed by atoms with van der Waals surface area (Å²) < 4.78 is 27.3. The Morgan fingerprint density at radius 1 is 1.21 bits per heavy atom. The first kappa shape index (κ1) is 13.7. The van der Waals surface area contributed by atoms with E-state index in [-0.39, 0.29) is 5.69 Å². The molecule has 5 heteroatoms. The molecule has 2 nitrogen and oxygen atoms in total. The Morgan fingerprint density at radius 3 is 2.63 bits per heavy atom. The van der Waals surface area contributed by atoms with Gasteiger partial charge in [0.05, 0.1) is 5.69 Å². The van der Waals surface area contributed by atoms with E-state index in [0.29, 0.717) is 5.56 Å². The minimum atomic E-state index is -1.07. The third-order valence-corrected chi connectivity index (χ3v) is 3.51. The second kappa shape index (κ2) is 5.48. The van der Waals surface area contributed by atoms with E-state index in [1.165, 1.54) is 12.1 Å². The number of carbonyl (C=O) groups excluding carboxylic acids is 1. The second-order valence-corrected chi connectivity index (χ2v) is 4.87. The highest BCUT2D eigenvalue weighted by atomic mass is 79.9. The second-order valence-electron chi connectivity index (χ2n) is 4.02. The summed E-state index contributed by atoms with van der Waals surface area (Å²) in [5.74, 6) is -2.55. The van der Waals surface area contributed by atoms with Crippen molar-refractivity contribution >= 4 is 27.5 Å². The smallest absolute Gasteiger partial charge is 0.255 e. The molecule has 0 aliphatic heterocycles. The largest absolute Gasteiger partial charge is 0.319 e. The lowest BCUT2D eigenvalue weighted by Crippen LogP contribution is -2.13. The zero-order chi connectivity index (χ0) is 14.0. The van der Waals surface area contributed by atoms with Crippen LogP contribution in [0.25, 0.3) is 0 Å². The third kappa shape index (κ3) is 2.98. The van der Waals surface area contributed by atoms with Crippen molar-refractivity contribution in [1.29, 1.82) is 0 Å².